The molecule has 1 aromatic rings. The van der Waals surface area contributed by atoms with Crippen LogP contribution in [0.3, 0.4) is 0 Å². The molecule has 0 aliphatic heterocycles. The first kappa shape index (κ1) is 17.2. The van der Waals surface area contributed by atoms with Gasteiger partial charge in [-0.05, 0) is 37.5 Å². The predicted molar refractivity (Wildman–Crippen MR) is 78.8 cm³/mol. The molecule has 0 heterocycles. The minimum atomic E-state index is -0.438. The smallest absolute Gasteiger partial charge is 0.315 e. The molecular formula is C15H23FN2O3. The van der Waals surface area contributed by atoms with Gasteiger partial charge >= 0.3 is 6.03 Å². The highest BCUT2D eigenvalue weighted by Gasteiger charge is 2.12. The third-order valence-corrected chi connectivity index (χ3v) is 3.26. The van der Waals surface area contributed by atoms with Gasteiger partial charge in [-0.2, -0.15) is 0 Å². The third kappa shape index (κ3) is 5.59. The molecule has 0 saturated carbocycles. The third-order valence-electron chi connectivity index (χ3n) is 3.26. The molecule has 0 spiro atoms. The van der Waals surface area contributed by atoms with E-state index in [1.807, 2.05) is 6.92 Å². The van der Waals surface area contributed by atoms with Gasteiger partial charge in [0, 0.05) is 6.54 Å². The monoisotopic (exact) mass is 298 g/mol. The number of amides is 2. The summed E-state index contributed by atoms with van der Waals surface area (Å²) >= 11 is 0. The Morgan fingerprint density at radius 2 is 2.19 bits per heavy atom. The van der Waals surface area contributed by atoms with Gasteiger partial charge in [0.15, 0.2) is 11.6 Å². The van der Waals surface area contributed by atoms with Crippen molar-refractivity contribution in [3.8, 4) is 5.75 Å². The zero-order valence-corrected chi connectivity index (χ0v) is 12.6. The Hall–Kier alpha value is -1.82. The number of nitrogens with one attached hydrogen (secondary N) is 2. The lowest BCUT2D eigenvalue weighted by Gasteiger charge is -2.16. The van der Waals surface area contributed by atoms with Gasteiger partial charge in [-0.15, -0.1) is 0 Å². The number of benzene rings is 1. The molecule has 0 aromatic heterocycles. The van der Waals surface area contributed by atoms with Crippen LogP contribution in [0.4, 0.5) is 9.18 Å². The number of hydrogen-bond acceptors (Lipinski definition) is 3. The Kier molecular flexibility index (Phi) is 6.94. The number of halogens is 1. The minimum Gasteiger partial charge on any atom is -0.494 e. The summed E-state index contributed by atoms with van der Waals surface area (Å²) in [5.74, 6) is -0.293. The number of urea groups is 1. The summed E-state index contributed by atoms with van der Waals surface area (Å²) in [5.41, 5.74) is 0.747. The lowest BCUT2D eigenvalue weighted by molar-refractivity contribution is 0.160. The van der Waals surface area contributed by atoms with E-state index in [2.05, 4.69) is 10.6 Å². The first-order valence-corrected chi connectivity index (χ1v) is 7.03. The number of carbonyl (C=O) groups excluding carboxylic acids is 1. The highest BCUT2D eigenvalue weighted by molar-refractivity contribution is 5.74. The number of hydrogen-bond donors (Lipinski definition) is 3. The second kappa shape index (κ2) is 8.46. The summed E-state index contributed by atoms with van der Waals surface area (Å²) in [6.07, 6.45) is 0.779. The molecule has 2 atom stereocenters. The van der Waals surface area contributed by atoms with Gasteiger partial charge in [0.1, 0.15) is 0 Å². The van der Waals surface area contributed by atoms with E-state index in [9.17, 15) is 14.3 Å². The van der Waals surface area contributed by atoms with Crippen LogP contribution in [-0.2, 0) is 0 Å². The van der Waals surface area contributed by atoms with Crippen LogP contribution < -0.4 is 15.4 Å². The maximum Gasteiger partial charge on any atom is 0.315 e. The van der Waals surface area contributed by atoms with Crippen LogP contribution in [0.2, 0.25) is 0 Å². The van der Waals surface area contributed by atoms with Gasteiger partial charge in [-0.25, -0.2) is 9.18 Å². The van der Waals surface area contributed by atoms with E-state index in [1.54, 1.807) is 19.1 Å². The van der Waals surface area contributed by atoms with Crippen LogP contribution in [0, 0.1) is 5.82 Å². The lowest BCUT2D eigenvalue weighted by Crippen LogP contribution is -2.38. The second-order valence-corrected chi connectivity index (χ2v) is 4.87. The summed E-state index contributed by atoms with van der Waals surface area (Å²) in [4.78, 5) is 11.7. The summed E-state index contributed by atoms with van der Waals surface area (Å²) in [6, 6.07) is 3.86. The Labute approximate surface area is 124 Å². The molecule has 21 heavy (non-hydrogen) atoms. The van der Waals surface area contributed by atoms with Crippen molar-refractivity contribution in [3.05, 3.63) is 29.6 Å². The van der Waals surface area contributed by atoms with Crippen molar-refractivity contribution in [3.63, 3.8) is 0 Å². The molecule has 3 N–H and O–H groups in total. The molecule has 2 amide bonds. The van der Waals surface area contributed by atoms with Gasteiger partial charge in [-0.3, -0.25) is 0 Å². The molecule has 0 fully saturated rings. The number of rotatable bonds is 7. The fourth-order valence-electron chi connectivity index (χ4n) is 1.83. The quantitative estimate of drug-likeness (QED) is 0.723. The zero-order valence-electron chi connectivity index (χ0n) is 12.6. The molecule has 5 nitrogen and oxygen atoms in total. The molecule has 6 heteroatoms. The number of aliphatic hydroxyl groups excluding tert-OH is 1. The van der Waals surface area contributed by atoms with E-state index in [1.165, 1.54) is 13.2 Å². The summed E-state index contributed by atoms with van der Waals surface area (Å²) < 4.78 is 18.2. The maximum atomic E-state index is 13.3. The SMILES string of the molecule is CCC(O)CCNC(=O)NC(C)c1ccc(F)c(OC)c1. The molecule has 0 bridgehead atoms. The van der Waals surface area contributed by atoms with E-state index in [4.69, 9.17) is 4.74 Å². The lowest BCUT2D eigenvalue weighted by atomic mass is 10.1. The Morgan fingerprint density at radius 1 is 1.48 bits per heavy atom. The standard InChI is InChI=1S/C15H23FN2O3/c1-4-12(19)7-8-17-15(20)18-10(2)11-5-6-13(16)14(9-11)21-3/h5-6,9-10,12,19H,4,7-8H2,1-3H3,(H2,17,18,20). The van der Waals surface area contributed by atoms with Gasteiger partial charge in [0.2, 0.25) is 0 Å². The van der Waals surface area contributed by atoms with Crippen molar-refractivity contribution >= 4 is 6.03 Å². The molecule has 0 radical (unpaired) electrons. The van der Waals surface area contributed by atoms with Crippen molar-refractivity contribution in [2.45, 2.75) is 38.8 Å². The summed E-state index contributed by atoms with van der Waals surface area (Å²) in [6.45, 7) is 4.09. The molecule has 0 saturated heterocycles. The Balaban J connectivity index is 2.48. The predicted octanol–water partition coefficient (Wildman–Crippen LogP) is 2.36. The normalized spacial score (nSPS) is 13.4. The van der Waals surface area contributed by atoms with Gasteiger partial charge in [0.25, 0.3) is 0 Å². The molecular weight excluding hydrogens is 275 g/mol. The molecule has 0 aliphatic rings. The van der Waals surface area contributed by atoms with Crippen molar-refractivity contribution in [2.75, 3.05) is 13.7 Å². The zero-order chi connectivity index (χ0) is 15.8. The molecule has 1 aromatic carbocycles. The van der Waals surface area contributed by atoms with Crippen LogP contribution >= 0.6 is 0 Å². The van der Waals surface area contributed by atoms with Gasteiger partial charge < -0.3 is 20.5 Å². The minimum absolute atomic E-state index is 0.146. The second-order valence-electron chi connectivity index (χ2n) is 4.87. The number of aliphatic hydroxyl groups is 1. The molecule has 2 unspecified atom stereocenters. The maximum absolute atomic E-state index is 13.3. The average Bonchev–Trinajstić information content (AvgIpc) is 2.47. The van der Waals surface area contributed by atoms with E-state index < -0.39 is 11.9 Å². The van der Waals surface area contributed by atoms with E-state index in [0.29, 0.717) is 19.4 Å². The first-order chi connectivity index (χ1) is 9.97. The largest absolute Gasteiger partial charge is 0.494 e. The number of ether oxygens (including phenoxy) is 1. The van der Waals surface area contributed by atoms with Crippen molar-refractivity contribution in [2.24, 2.45) is 0 Å². The fraction of sp³-hybridized carbons (Fsp3) is 0.533. The molecule has 1 rings (SSSR count). The van der Waals surface area contributed by atoms with Crippen LogP contribution in [0.1, 0.15) is 38.3 Å². The summed E-state index contributed by atoms with van der Waals surface area (Å²) in [5, 5.41) is 14.8. The Morgan fingerprint density at radius 3 is 2.81 bits per heavy atom. The van der Waals surface area contributed by atoms with Gasteiger partial charge in [0.05, 0.1) is 19.3 Å². The van der Waals surface area contributed by atoms with E-state index >= 15 is 0 Å². The van der Waals surface area contributed by atoms with Crippen molar-refractivity contribution in [1.29, 1.82) is 0 Å². The van der Waals surface area contributed by atoms with Crippen molar-refractivity contribution in [1.82, 2.24) is 10.6 Å². The topological polar surface area (TPSA) is 70.6 Å². The van der Waals surface area contributed by atoms with Crippen LogP contribution in [0.25, 0.3) is 0 Å². The highest BCUT2D eigenvalue weighted by atomic mass is 19.1. The summed E-state index contributed by atoms with van der Waals surface area (Å²) in [7, 11) is 1.39. The van der Waals surface area contributed by atoms with Crippen molar-refractivity contribution < 1.29 is 19.0 Å². The van der Waals surface area contributed by atoms with Crippen LogP contribution in [0.15, 0.2) is 18.2 Å². The Bertz CT molecular complexity index is 468. The van der Waals surface area contributed by atoms with E-state index in [0.717, 1.165) is 5.56 Å². The molecule has 118 valence electrons. The van der Waals surface area contributed by atoms with E-state index in [-0.39, 0.29) is 17.8 Å². The fourth-order valence-corrected chi connectivity index (χ4v) is 1.83. The number of methoxy groups -OCH3 is 1. The molecule has 0 aliphatic carbocycles. The average molecular weight is 298 g/mol. The van der Waals surface area contributed by atoms with Crippen LogP contribution in [-0.4, -0.2) is 30.9 Å². The highest BCUT2D eigenvalue weighted by Crippen LogP contribution is 2.22. The van der Waals surface area contributed by atoms with Crippen LogP contribution in [0.5, 0.6) is 5.75 Å². The first-order valence-electron chi connectivity index (χ1n) is 7.03. The number of carbonyl (C=O) groups is 1. The van der Waals surface area contributed by atoms with Gasteiger partial charge in [-0.1, -0.05) is 13.0 Å².